The number of para-hydroxylation sites is 1. The molecule has 522 valence electrons. The minimum absolute atomic E-state index is 0.378. The normalized spacial score (nSPS) is 14.9. The molecule has 0 saturated heterocycles. The van der Waals surface area contributed by atoms with Crippen LogP contribution in [0.1, 0.15) is 43.1 Å². The summed E-state index contributed by atoms with van der Waals surface area (Å²) < 4.78 is 2.69. The highest BCUT2D eigenvalue weighted by atomic mass is 32.1. The molecule has 2 heterocycles. The van der Waals surface area contributed by atoms with E-state index in [1.165, 1.54) is 174 Å². The van der Waals surface area contributed by atoms with Gasteiger partial charge in [-0.05, 0) is 217 Å². The first kappa shape index (κ1) is 64.3. The van der Waals surface area contributed by atoms with Crippen LogP contribution in [0.25, 0.3) is 130 Å². The van der Waals surface area contributed by atoms with E-state index < -0.39 is 5.41 Å². The number of hydrogen-bond acceptors (Lipinski definition) is 4. The molecule has 0 aliphatic heterocycles. The largest absolute Gasteiger partial charge is 0.311 e. The van der Waals surface area contributed by atoms with Crippen LogP contribution in [0.2, 0.25) is 0 Å². The van der Waals surface area contributed by atoms with Crippen molar-refractivity contribution in [3.05, 3.63) is 456 Å². The van der Waals surface area contributed by atoms with Crippen molar-refractivity contribution in [2.45, 2.75) is 10.8 Å². The van der Waals surface area contributed by atoms with E-state index in [0.717, 1.165) is 34.1 Å². The van der Waals surface area contributed by atoms with Gasteiger partial charge in [0.15, 0.2) is 0 Å². The van der Waals surface area contributed by atoms with E-state index in [-0.39, 0.29) is 5.41 Å². The molecule has 4 aliphatic carbocycles. The van der Waals surface area contributed by atoms with Gasteiger partial charge in [-0.25, -0.2) is 0 Å². The monoisotopic (exact) mass is 1460 g/mol. The summed E-state index contributed by atoms with van der Waals surface area (Å²) >= 11 is 3.93. The average Bonchev–Trinajstić information content (AvgIpc) is 1.50. The van der Waals surface area contributed by atoms with E-state index >= 15 is 0 Å². The number of fused-ring (bicyclic) bond motifs is 27. The number of thiophene rings is 2. The maximum absolute atomic E-state index is 2.41. The molecule has 0 fully saturated rings. The standard InChI is InChI=1S/C55H35NS.C53H33NS/c1-2-16-39(17-3-1)56(40-32-28-37(29-33-40)43-22-12-15-36-14-4-5-18-42(36)43)41-34-30-38(31-35-41)44-23-13-24-46-45-19-6-9-25-49(45)55(53(44)46)50-26-10-7-20-47(50)52-48-21-8-11-27-51(48)57-54(52)55;1-3-15-36-31-40(29-27-34(36)13-1)54(41-30-28-35-14-2-4-16-37(35)32-41)39-18-11-17-38(33-39)42-22-12-25-48-50(42)43-19-5-8-23-46(43)53(48)47-24-9-6-20-44(47)51-45-21-7-10-26-49(45)55-52(51)53/h1-35H;1-33H. The van der Waals surface area contributed by atoms with Gasteiger partial charge in [-0.2, -0.15) is 0 Å². The zero-order valence-electron chi connectivity index (χ0n) is 61.0. The van der Waals surface area contributed by atoms with E-state index in [0.29, 0.717) is 0 Å². The molecule has 112 heavy (non-hydrogen) atoms. The summed E-state index contributed by atoms with van der Waals surface area (Å²) in [7, 11) is 0. The van der Waals surface area contributed by atoms with Crippen LogP contribution in [0.3, 0.4) is 0 Å². The fourth-order valence-electron chi connectivity index (χ4n) is 19.6. The summed E-state index contributed by atoms with van der Waals surface area (Å²) in [5.74, 6) is 0. The summed E-state index contributed by atoms with van der Waals surface area (Å²) in [6.07, 6.45) is 0. The highest BCUT2D eigenvalue weighted by Gasteiger charge is 2.56. The van der Waals surface area contributed by atoms with Crippen molar-refractivity contribution in [2.75, 3.05) is 9.80 Å². The van der Waals surface area contributed by atoms with Crippen molar-refractivity contribution in [2.24, 2.45) is 0 Å². The van der Waals surface area contributed by atoms with Crippen LogP contribution in [0, 0.1) is 0 Å². The fraction of sp³-hybridized carbons (Fsp3) is 0.0185. The molecule has 2 nitrogen and oxygen atoms in total. The summed E-state index contributed by atoms with van der Waals surface area (Å²) in [6, 6.07) is 153. The Balaban J connectivity index is 0.000000134. The van der Waals surface area contributed by atoms with E-state index in [4.69, 9.17) is 0 Å². The number of benzene rings is 18. The van der Waals surface area contributed by atoms with Crippen molar-refractivity contribution in [3.8, 4) is 77.9 Å². The van der Waals surface area contributed by atoms with Crippen LogP contribution < -0.4 is 9.80 Å². The van der Waals surface area contributed by atoms with E-state index in [1.54, 1.807) is 0 Å². The Morgan fingerprint density at radius 1 is 0.188 bits per heavy atom. The molecule has 20 aromatic rings. The second kappa shape index (κ2) is 25.4. The van der Waals surface area contributed by atoms with Crippen LogP contribution in [-0.2, 0) is 10.8 Å². The molecule has 24 rings (SSSR count). The number of hydrogen-bond donors (Lipinski definition) is 0. The second-order valence-corrected chi connectivity index (χ2v) is 32.1. The third-order valence-electron chi connectivity index (χ3n) is 24.3. The van der Waals surface area contributed by atoms with Crippen LogP contribution in [0.4, 0.5) is 34.1 Å². The fourth-order valence-corrected chi connectivity index (χ4v) is 22.5. The summed E-state index contributed by atoms with van der Waals surface area (Å²) in [5.41, 5.74) is 32.5. The summed E-state index contributed by atoms with van der Waals surface area (Å²) in [4.78, 5) is 7.64. The molecule has 2 spiro atoms. The Kier molecular flexibility index (Phi) is 14.6. The van der Waals surface area contributed by atoms with E-state index in [9.17, 15) is 0 Å². The molecular weight excluding hydrogens is 1390 g/mol. The maximum atomic E-state index is 2.41. The smallest absolute Gasteiger partial charge is 0.0825 e. The van der Waals surface area contributed by atoms with Crippen molar-refractivity contribution < 1.29 is 0 Å². The topological polar surface area (TPSA) is 6.48 Å². The van der Waals surface area contributed by atoms with E-state index in [1.807, 2.05) is 22.7 Å². The third kappa shape index (κ3) is 9.50. The molecule has 4 aliphatic rings. The van der Waals surface area contributed by atoms with Crippen LogP contribution in [-0.4, -0.2) is 0 Å². The number of nitrogens with zero attached hydrogens (tertiary/aromatic N) is 2. The maximum Gasteiger partial charge on any atom is 0.0825 e. The zero-order valence-corrected chi connectivity index (χ0v) is 62.6. The lowest BCUT2D eigenvalue weighted by Crippen LogP contribution is -2.25. The van der Waals surface area contributed by atoms with Crippen molar-refractivity contribution in [3.63, 3.8) is 0 Å². The molecule has 0 amide bonds. The van der Waals surface area contributed by atoms with Crippen molar-refractivity contribution in [1.82, 2.24) is 0 Å². The Morgan fingerprint density at radius 3 is 1.17 bits per heavy atom. The Hall–Kier alpha value is -13.7. The summed E-state index contributed by atoms with van der Waals surface area (Å²) in [6.45, 7) is 0. The van der Waals surface area contributed by atoms with Gasteiger partial charge in [0.25, 0.3) is 0 Å². The van der Waals surface area contributed by atoms with Gasteiger partial charge >= 0.3 is 0 Å². The van der Waals surface area contributed by atoms with Gasteiger partial charge in [0.1, 0.15) is 0 Å². The molecule has 4 heteroatoms. The molecule has 18 aromatic carbocycles. The summed E-state index contributed by atoms with van der Waals surface area (Å²) in [5, 5.41) is 10.1. The first-order chi connectivity index (χ1) is 55.6. The average molecular weight is 1460 g/mol. The van der Waals surface area contributed by atoms with Gasteiger partial charge in [-0.15, -0.1) is 22.7 Å². The molecule has 0 saturated carbocycles. The van der Waals surface area contributed by atoms with Crippen molar-refractivity contribution in [1.29, 1.82) is 0 Å². The van der Waals surface area contributed by atoms with Gasteiger partial charge < -0.3 is 9.80 Å². The minimum atomic E-state index is -0.404. The van der Waals surface area contributed by atoms with E-state index in [2.05, 4.69) is 422 Å². The zero-order chi connectivity index (χ0) is 73.6. The minimum Gasteiger partial charge on any atom is -0.311 e. The quantitative estimate of drug-likeness (QED) is 0.142. The van der Waals surface area contributed by atoms with Gasteiger partial charge in [0, 0.05) is 75.2 Å². The lowest BCUT2D eigenvalue weighted by Gasteiger charge is -2.31. The van der Waals surface area contributed by atoms with Gasteiger partial charge in [-0.3, -0.25) is 0 Å². The van der Waals surface area contributed by atoms with Crippen LogP contribution >= 0.6 is 22.7 Å². The van der Waals surface area contributed by atoms with Crippen LogP contribution in [0.15, 0.2) is 413 Å². The molecular formula is C108H68N2S2. The highest BCUT2D eigenvalue weighted by molar-refractivity contribution is 7.20. The molecule has 0 bridgehead atoms. The molecule has 2 atom stereocenters. The lowest BCUT2D eigenvalue weighted by atomic mass is 9.71. The van der Waals surface area contributed by atoms with Crippen molar-refractivity contribution >= 4 is 109 Å². The molecule has 0 radical (unpaired) electrons. The van der Waals surface area contributed by atoms with Gasteiger partial charge in [0.2, 0.25) is 0 Å². The number of anilines is 6. The molecule has 2 aromatic heterocycles. The molecule has 2 unspecified atom stereocenters. The van der Waals surface area contributed by atoms with Gasteiger partial charge in [-0.1, -0.05) is 328 Å². The number of rotatable bonds is 9. The Labute approximate surface area is 658 Å². The first-order valence-corrected chi connectivity index (χ1v) is 40.3. The lowest BCUT2D eigenvalue weighted by molar-refractivity contribution is 0.812. The van der Waals surface area contributed by atoms with Gasteiger partial charge in [0.05, 0.1) is 10.8 Å². The Bertz CT molecular complexity index is 7140. The third-order valence-corrected chi connectivity index (χ3v) is 26.9. The second-order valence-electron chi connectivity index (χ2n) is 30.0. The van der Waals surface area contributed by atoms with Crippen LogP contribution in [0.5, 0.6) is 0 Å². The molecule has 0 N–H and O–H groups in total. The SMILES string of the molecule is c1cc(-c2cccc3c2-c2ccccc2C32c3ccccc3-c3c2sc2ccccc32)cc(N(c2ccc3ccccc3c2)c2ccc3ccccc3c2)c1.c1ccc(N(c2ccc(-c3cccc4c3C3(c5ccccc5-4)c4ccccc4-c4c3sc3ccccc43)cc2)c2ccc(-c3cccc4ccccc34)cc2)cc1. The Morgan fingerprint density at radius 2 is 0.554 bits per heavy atom. The predicted octanol–water partition coefficient (Wildman–Crippen LogP) is 29.9. The predicted molar refractivity (Wildman–Crippen MR) is 474 cm³/mol. The highest BCUT2D eigenvalue weighted by Crippen LogP contribution is 2.69. The first-order valence-electron chi connectivity index (χ1n) is 38.7.